The molecule has 0 saturated heterocycles. The Hall–Kier alpha value is -0.370. The van der Waals surface area contributed by atoms with Gasteiger partial charge in [-0.1, -0.05) is 13.3 Å². The van der Waals surface area contributed by atoms with Crippen LogP contribution in [0.5, 0.6) is 0 Å². The van der Waals surface area contributed by atoms with Crippen molar-refractivity contribution in [3.05, 3.63) is 0 Å². The Morgan fingerprint density at radius 3 is 2.64 bits per heavy atom. The van der Waals surface area contributed by atoms with Crippen molar-refractivity contribution in [1.29, 1.82) is 0 Å². The van der Waals surface area contributed by atoms with Gasteiger partial charge in [-0.15, -0.1) is 0 Å². The van der Waals surface area contributed by atoms with Gasteiger partial charge < -0.3 is 9.69 Å². The van der Waals surface area contributed by atoms with E-state index in [0.29, 0.717) is 12.5 Å². The first kappa shape index (κ1) is 10.6. The van der Waals surface area contributed by atoms with Gasteiger partial charge in [0.1, 0.15) is 6.29 Å². The minimum absolute atomic E-state index is 0.611. The molecule has 1 atom stereocenters. The first-order valence-corrected chi connectivity index (χ1v) is 4.36. The molecular weight excluding hydrogens is 138 g/mol. The third-order valence-corrected chi connectivity index (χ3v) is 2.06. The van der Waals surface area contributed by atoms with Crippen LogP contribution in [0.25, 0.3) is 0 Å². The lowest BCUT2D eigenvalue weighted by Gasteiger charge is -2.23. The summed E-state index contributed by atoms with van der Waals surface area (Å²) in [7, 11) is 2.07. The van der Waals surface area contributed by atoms with E-state index in [1.54, 1.807) is 0 Å². The van der Waals surface area contributed by atoms with Crippen molar-refractivity contribution in [3.63, 3.8) is 0 Å². The Balaban J connectivity index is 3.45. The second kappa shape index (κ2) is 6.35. The van der Waals surface area contributed by atoms with E-state index in [9.17, 15) is 4.79 Å². The summed E-state index contributed by atoms with van der Waals surface area (Å²) < 4.78 is 0. The molecule has 0 heterocycles. The zero-order chi connectivity index (χ0) is 8.69. The van der Waals surface area contributed by atoms with Gasteiger partial charge in [0, 0.05) is 19.0 Å². The number of nitrogens with zero attached hydrogens (tertiary/aromatic N) is 1. The quantitative estimate of drug-likeness (QED) is 0.547. The molecule has 0 rings (SSSR count). The van der Waals surface area contributed by atoms with E-state index in [1.165, 1.54) is 12.8 Å². The predicted molar refractivity (Wildman–Crippen MR) is 47.7 cm³/mol. The van der Waals surface area contributed by atoms with Crippen molar-refractivity contribution in [2.45, 2.75) is 39.2 Å². The van der Waals surface area contributed by atoms with Crippen LogP contribution in [0.3, 0.4) is 0 Å². The SMILES string of the molecule is CCCC(C)N(C)CCC=O. The van der Waals surface area contributed by atoms with Gasteiger partial charge in [-0.2, -0.15) is 0 Å². The first-order chi connectivity index (χ1) is 5.22. The van der Waals surface area contributed by atoms with Gasteiger partial charge in [-0.25, -0.2) is 0 Å². The number of hydrogen-bond acceptors (Lipinski definition) is 2. The molecule has 0 radical (unpaired) electrons. The Kier molecular flexibility index (Phi) is 6.13. The monoisotopic (exact) mass is 157 g/mol. The van der Waals surface area contributed by atoms with Gasteiger partial charge in [-0.3, -0.25) is 0 Å². The second-order valence-electron chi connectivity index (χ2n) is 3.07. The molecule has 66 valence electrons. The van der Waals surface area contributed by atoms with Gasteiger partial charge in [0.05, 0.1) is 0 Å². The Morgan fingerprint density at radius 2 is 2.18 bits per heavy atom. The van der Waals surface area contributed by atoms with Crippen LogP contribution < -0.4 is 0 Å². The van der Waals surface area contributed by atoms with E-state index in [2.05, 4.69) is 25.8 Å². The maximum absolute atomic E-state index is 10.1. The topological polar surface area (TPSA) is 20.3 Å². The molecule has 2 nitrogen and oxygen atoms in total. The molecule has 0 aliphatic heterocycles. The normalized spacial score (nSPS) is 13.5. The average molecular weight is 157 g/mol. The minimum Gasteiger partial charge on any atom is -0.303 e. The number of hydrogen-bond donors (Lipinski definition) is 0. The van der Waals surface area contributed by atoms with E-state index in [0.717, 1.165) is 12.8 Å². The van der Waals surface area contributed by atoms with Crippen molar-refractivity contribution in [1.82, 2.24) is 4.90 Å². The van der Waals surface area contributed by atoms with Crippen LogP contribution in [0.2, 0.25) is 0 Å². The third kappa shape index (κ3) is 4.96. The van der Waals surface area contributed by atoms with Gasteiger partial charge in [0.25, 0.3) is 0 Å². The lowest BCUT2D eigenvalue weighted by Crippen LogP contribution is -2.29. The molecule has 0 N–H and O–H groups in total. The molecule has 0 aromatic heterocycles. The lowest BCUT2D eigenvalue weighted by atomic mass is 10.2. The summed E-state index contributed by atoms with van der Waals surface area (Å²) in [5.41, 5.74) is 0. The smallest absolute Gasteiger partial charge is 0.121 e. The van der Waals surface area contributed by atoms with E-state index >= 15 is 0 Å². The van der Waals surface area contributed by atoms with Crippen LogP contribution in [0.1, 0.15) is 33.1 Å². The molecule has 0 saturated carbocycles. The van der Waals surface area contributed by atoms with Crippen molar-refractivity contribution in [3.8, 4) is 0 Å². The molecule has 0 amide bonds. The minimum atomic E-state index is 0.611. The molecule has 1 unspecified atom stereocenters. The predicted octanol–water partition coefficient (Wildman–Crippen LogP) is 1.70. The Labute approximate surface area is 69.6 Å². The molecule has 2 heteroatoms. The largest absolute Gasteiger partial charge is 0.303 e. The fraction of sp³-hybridized carbons (Fsp3) is 0.889. The molecule has 0 aliphatic rings. The van der Waals surface area contributed by atoms with Crippen LogP contribution in [0.15, 0.2) is 0 Å². The summed E-state index contributed by atoms with van der Waals surface area (Å²) in [6, 6.07) is 0.611. The maximum atomic E-state index is 10.1. The van der Waals surface area contributed by atoms with E-state index in [4.69, 9.17) is 0 Å². The summed E-state index contributed by atoms with van der Waals surface area (Å²) in [4.78, 5) is 12.3. The van der Waals surface area contributed by atoms with Gasteiger partial charge in [0.2, 0.25) is 0 Å². The number of rotatable bonds is 6. The number of carbonyl (C=O) groups is 1. The van der Waals surface area contributed by atoms with Crippen molar-refractivity contribution < 1.29 is 4.79 Å². The van der Waals surface area contributed by atoms with Gasteiger partial charge in [-0.05, 0) is 20.4 Å². The van der Waals surface area contributed by atoms with Gasteiger partial charge >= 0.3 is 0 Å². The maximum Gasteiger partial charge on any atom is 0.121 e. The molecule has 0 aromatic carbocycles. The standard InChI is InChI=1S/C9H19NO/c1-4-6-9(2)10(3)7-5-8-11/h8-9H,4-7H2,1-3H3. The molecule has 0 fully saturated rings. The highest BCUT2D eigenvalue weighted by Crippen LogP contribution is 2.03. The van der Waals surface area contributed by atoms with E-state index < -0.39 is 0 Å². The second-order valence-corrected chi connectivity index (χ2v) is 3.07. The summed E-state index contributed by atoms with van der Waals surface area (Å²) >= 11 is 0. The highest BCUT2D eigenvalue weighted by molar-refractivity contribution is 5.49. The fourth-order valence-corrected chi connectivity index (χ4v) is 1.11. The Morgan fingerprint density at radius 1 is 1.55 bits per heavy atom. The molecule has 11 heavy (non-hydrogen) atoms. The molecule has 0 spiro atoms. The molecular formula is C9H19NO. The fourth-order valence-electron chi connectivity index (χ4n) is 1.11. The summed E-state index contributed by atoms with van der Waals surface area (Å²) in [5.74, 6) is 0. The molecule has 0 aliphatic carbocycles. The van der Waals surface area contributed by atoms with Crippen LogP contribution in [0.4, 0.5) is 0 Å². The summed E-state index contributed by atoms with van der Waals surface area (Å²) in [6.45, 7) is 5.28. The highest BCUT2D eigenvalue weighted by Gasteiger charge is 2.05. The average Bonchev–Trinajstić information content (AvgIpc) is 2.00. The van der Waals surface area contributed by atoms with E-state index in [-0.39, 0.29) is 0 Å². The van der Waals surface area contributed by atoms with Gasteiger partial charge in [0.15, 0.2) is 0 Å². The van der Waals surface area contributed by atoms with Crippen LogP contribution in [0, 0.1) is 0 Å². The van der Waals surface area contributed by atoms with E-state index in [1.807, 2.05) is 0 Å². The number of carbonyl (C=O) groups excluding carboxylic acids is 1. The first-order valence-electron chi connectivity index (χ1n) is 4.36. The van der Waals surface area contributed by atoms with Crippen molar-refractivity contribution in [2.75, 3.05) is 13.6 Å². The lowest BCUT2D eigenvalue weighted by molar-refractivity contribution is -0.108. The highest BCUT2D eigenvalue weighted by atomic mass is 16.1. The Bertz CT molecular complexity index is 104. The van der Waals surface area contributed by atoms with Crippen molar-refractivity contribution >= 4 is 6.29 Å². The zero-order valence-corrected chi connectivity index (χ0v) is 7.84. The van der Waals surface area contributed by atoms with Crippen LogP contribution in [-0.4, -0.2) is 30.8 Å². The van der Waals surface area contributed by atoms with Crippen molar-refractivity contribution in [2.24, 2.45) is 0 Å². The molecule has 0 bridgehead atoms. The van der Waals surface area contributed by atoms with Crippen LogP contribution >= 0.6 is 0 Å². The third-order valence-electron chi connectivity index (χ3n) is 2.06. The molecule has 0 aromatic rings. The van der Waals surface area contributed by atoms with Crippen LogP contribution in [-0.2, 0) is 4.79 Å². The summed E-state index contributed by atoms with van der Waals surface area (Å²) in [5, 5.41) is 0. The zero-order valence-electron chi connectivity index (χ0n) is 7.84. The number of aldehydes is 1. The summed E-state index contributed by atoms with van der Waals surface area (Å²) in [6.07, 6.45) is 4.07.